The van der Waals surface area contributed by atoms with Crippen LogP contribution in [0.3, 0.4) is 0 Å². The molecule has 0 radical (unpaired) electrons. The van der Waals surface area contributed by atoms with E-state index in [9.17, 15) is 14.7 Å². The van der Waals surface area contributed by atoms with Crippen LogP contribution in [0.15, 0.2) is 64.1 Å². The highest BCUT2D eigenvalue weighted by Gasteiger charge is 2.33. The zero-order chi connectivity index (χ0) is 22.9. The Morgan fingerprint density at radius 3 is 2.45 bits per heavy atom. The lowest BCUT2D eigenvalue weighted by Crippen LogP contribution is -2.32. The fourth-order valence-corrected chi connectivity index (χ4v) is 4.13. The molecule has 0 saturated carbocycles. The minimum absolute atomic E-state index is 0.283. The highest BCUT2D eigenvalue weighted by molar-refractivity contribution is 8.02. The standard InChI is InChI=1S/C24H26N2O4S/c1-6-31-18-13-14(11-12-17(18)25)19-15-9-7-8-10-16(15)22(27)26(5)20(19)21(23(28)29)30-24(2,3)4/h6-13,21H,1,25H2,2-5H3,(H,28,29). The van der Waals surface area contributed by atoms with Crippen LogP contribution in [0.4, 0.5) is 5.69 Å². The molecule has 0 bridgehead atoms. The van der Waals surface area contributed by atoms with Gasteiger partial charge in [0.2, 0.25) is 0 Å². The van der Waals surface area contributed by atoms with E-state index in [1.165, 1.54) is 16.3 Å². The minimum Gasteiger partial charge on any atom is -0.479 e. The van der Waals surface area contributed by atoms with Gasteiger partial charge in [0.05, 0.1) is 11.3 Å². The molecule has 1 heterocycles. The predicted octanol–water partition coefficient (Wildman–Crippen LogP) is 4.96. The third kappa shape index (κ3) is 4.52. The van der Waals surface area contributed by atoms with Crippen LogP contribution in [0.5, 0.6) is 0 Å². The van der Waals surface area contributed by atoms with Gasteiger partial charge in [-0.05, 0) is 55.3 Å². The average molecular weight is 439 g/mol. The van der Waals surface area contributed by atoms with Crippen molar-refractivity contribution in [3.05, 3.63) is 70.5 Å². The van der Waals surface area contributed by atoms with Gasteiger partial charge < -0.3 is 20.1 Å². The largest absolute Gasteiger partial charge is 0.479 e. The van der Waals surface area contributed by atoms with Gasteiger partial charge in [-0.25, -0.2) is 4.79 Å². The molecule has 2 aromatic carbocycles. The summed E-state index contributed by atoms with van der Waals surface area (Å²) in [4.78, 5) is 26.2. The van der Waals surface area contributed by atoms with Gasteiger partial charge in [0.25, 0.3) is 5.56 Å². The third-order valence-electron chi connectivity index (χ3n) is 4.81. The first-order valence-corrected chi connectivity index (χ1v) is 10.6. The van der Waals surface area contributed by atoms with E-state index in [2.05, 4.69) is 6.58 Å². The number of nitrogen functional groups attached to an aromatic ring is 1. The maximum Gasteiger partial charge on any atom is 0.339 e. The van der Waals surface area contributed by atoms with Crippen LogP contribution in [0, 0.1) is 0 Å². The lowest BCUT2D eigenvalue weighted by molar-refractivity contribution is -0.161. The first-order valence-electron chi connectivity index (χ1n) is 9.75. The first-order chi connectivity index (χ1) is 14.5. The van der Waals surface area contributed by atoms with Crippen molar-refractivity contribution in [2.24, 2.45) is 7.05 Å². The molecule has 6 nitrogen and oxygen atoms in total. The van der Waals surface area contributed by atoms with E-state index in [-0.39, 0.29) is 11.3 Å². The summed E-state index contributed by atoms with van der Waals surface area (Å²) in [5.74, 6) is -1.17. The van der Waals surface area contributed by atoms with Gasteiger partial charge in [0, 0.05) is 28.6 Å². The molecule has 3 aromatic rings. The molecule has 1 unspecified atom stereocenters. The van der Waals surface area contributed by atoms with E-state index in [4.69, 9.17) is 10.5 Å². The normalized spacial score (nSPS) is 12.6. The fourth-order valence-electron chi connectivity index (χ4n) is 3.55. The topological polar surface area (TPSA) is 94.5 Å². The number of nitrogens with zero attached hydrogens (tertiary/aromatic N) is 1. The Morgan fingerprint density at radius 2 is 1.87 bits per heavy atom. The number of ether oxygens (including phenoxy) is 1. The lowest BCUT2D eigenvalue weighted by atomic mass is 9.94. The molecule has 1 atom stereocenters. The van der Waals surface area contributed by atoms with Crippen LogP contribution >= 0.6 is 11.8 Å². The molecule has 0 saturated heterocycles. The molecule has 1 aromatic heterocycles. The summed E-state index contributed by atoms with van der Waals surface area (Å²) < 4.78 is 7.30. The summed E-state index contributed by atoms with van der Waals surface area (Å²) in [6.07, 6.45) is -1.34. The maximum absolute atomic E-state index is 13.1. The second-order valence-electron chi connectivity index (χ2n) is 8.16. The predicted molar refractivity (Wildman–Crippen MR) is 126 cm³/mol. The number of nitrogens with two attached hydrogens (primary N) is 1. The maximum atomic E-state index is 13.1. The smallest absolute Gasteiger partial charge is 0.339 e. The van der Waals surface area contributed by atoms with E-state index >= 15 is 0 Å². The SMILES string of the molecule is C=CSc1cc(-c2c(C(OC(C)(C)C)C(=O)O)n(C)c(=O)c3ccccc23)ccc1N. The van der Waals surface area contributed by atoms with Gasteiger partial charge in [-0.3, -0.25) is 4.79 Å². The number of benzene rings is 2. The summed E-state index contributed by atoms with van der Waals surface area (Å²) in [7, 11) is 1.58. The van der Waals surface area contributed by atoms with Gasteiger partial charge in [-0.1, -0.05) is 42.6 Å². The number of pyridine rings is 1. The van der Waals surface area contributed by atoms with Crippen LogP contribution in [0.2, 0.25) is 0 Å². The minimum atomic E-state index is -1.34. The van der Waals surface area contributed by atoms with Crippen molar-refractivity contribution in [1.29, 1.82) is 0 Å². The number of carbonyl (C=O) groups is 1. The first kappa shape index (κ1) is 22.7. The number of anilines is 1. The monoisotopic (exact) mass is 438 g/mol. The molecule has 0 amide bonds. The summed E-state index contributed by atoms with van der Waals surface area (Å²) in [5, 5.41) is 12.9. The van der Waals surface area contributed by atoms with Crippen molar-refractivity contribution in [2.45, 2.75) is 37.4 Å². The number of aromatic nitrogens is 1. The summed E-state index contributed by atoms with van der Waals surface area (Å²) in [5.41, 5.74) is 7.32. The van der Waals surface area contributed by atoms with Gasteiger partial charge in [-0.2, -0.15) is 0 Å². The Bertz CT molecular complexity index is 1220. The highest BCUT2D eigenvalue weighted by Crippen LogP contribution is 2.39. The van der Waals surface area contributed by atoms with Crippen LogP contribution in [-0.4, -0.2) is 21.2 Å². The molecule has 3 N–H and O–H groups in total. The number of aliphatic carboxylic acids is 1. The van der Waals surface area contributed by atoms with Crippen molar-refractivity contribution in [2.75, 3.05) is 5.73 Å². The molecule has 7 heteroatoms. The van der Waals surface area contributed by atoms with Crippen LogP contribution in [0.1, 0.15) is 32.6 Å². The number of carboxylic acids is 1. The van der Waals surface area contributed by atoms with Crippen molar-refractivity contribution in [3.63, 3.8) is 0 Å². The molecule has 0 aliphatic heterocycles. The van der Waals surface area contributed by atoms with E-state index in [0.717, 1.165) is 10.5 Å². The molecular formula is C24H26N2O4S. The molecular weight excluding hydrogens is 412 g/mol. The van der Waals surface area contributed by atoms with E-state index < -0.39 is 17.7 Å². The number of rotatable bonds is 6. The molecule has 0 spiro atoms. The Morgan fingerprint density at radius 1 is 1.23 bits per heavy atom. The van der Waals surface area contributed by atoms with Gasteiger partial charge in [0.1, 0.15) is 0 Å². The number of carboxylic acid groups (broad SMARTS) is 1. The zero-order valence-electron chi connectivity index (χ0n) is 18.0. The fraction of sp³-hybridized carbons (Fsp3) is 0.250. The Labute approximate surface area is 185 Å². The van der Waals surface area contributed by atoms with E-state index in [1.807, 2.05) is 24.3 Å². The molecule has 3 rings (SSSR count). The second-order valence-corrected chi connectivity index (χ2v) is 9.16. The Balaban J connectivity index is 2.46. The van der Waals surface area contributed by atoms with Crippen molar-refractivity contribution in [3.8, 4) is 11.1 Å². The Kier molecular flexibility index (Phi) is 6.29. The third-order valence-corrected chi connectivity index (χ3v) is 5.58. The zero-order valence-corrected chi connectivity index (χ0v) is 18.8. The van der Waals surface area contributed by atoms with Gasteiger partial charge in [0.15, 0.2) is 6.10 Å². The molecule has 0 fully saturated rings. The van der Waals surface area contributed by atoms with Crippen LogP contribution < -0.4 is 11.3 Å². The second kappa shape index (κ2) is 8.61. The van der Waals surface area contributed by atoms with Crippen LogP contribution in [-0.2, 0) is 16.6 Å². The van der Waals surface area contributed by atoms with Crippen LogP contribution in [0.25, 0.3) is 21.9 Å². The number of hydrogen-bond acceptors (Lipinski definition) is 5. The van der Waals surface area contributed by atoms with E-state index in [0.29, 0.717) is 22.0 Å². The van der Waals surface area contributed by atoms with Crippen molar-refractivity contribution in [1.82, 2.24) is 4.57 Å². The van der Waals surface area contributed by atoms with Gasteiger partial charge in [-0.15, -0.1) is 0 Å². The number of hydrogen-bond donors (Lipinski definition) is 2. The van der Waals surface area contributed by atoms with Gasteiger partial charge >= 0.3 is 5.97 Å². The van der Waals surface area contributed by atoms with Crippen molar-refractivity contribution >= 4 is 34.2 Å². The molecule has 162 valence electrons. The summed E-state index contributed by atoms with van der Waals surface area (Å²) >= 11 is 1.38. The lowest BCUT2D eigenvalue weighted by Gasteiger charge is -2.28. The average Bonchev–Trinajstić information content (AvgIpc) is 2.70. The summed E-state index contributed by atoms with van der Waals surface area (Å²) in [6, 6.07) is 12.7. The quantitative estimate of drug-likeness (QED) is 0.417. The highest BCUT2D eigenvalue weighted by atomic mass is 32.2. The molecule has 0 aliphatic carbocycles. The molecule has 31 heavy (non-hydrogen) atoms. The van der Waals surface area contributed by atoms with E-state index in [1.54, 1.807) is 51.4 Å². The summed E-state index contributed by atoms with van der Waals surface area (Å²) in [6.45, 7) is 9.09. The number of fused-ring (bicyclic) bond motifs is 1. The Hall–Kier alpha value is -3.03. The number of thioether (sulfide) groups is 1. The van der Waals surface area contributed by atoms with Crippen molar-refractivity contribution < 1.29 is 14.6 Å². The molecule has 0 aliphatic rings.